The number of rotatable bonds is 3. The summed E-state index contributed by atoms with van der Waals surface area (Å²) in [6, 6.07) is 0.696. The Hall–Kier alpha value is 0.0700. The van der Waals surface area contributed by atoms with Crippen LogP contribution in [0.5, 0.6) is 0 Å². The molecule has 0 aliphatic carbocycles. The Bertz CT molecular complexity index is 345. The van der Waals surface area contributed by atoms with Gasteiger partial charge in [0.2, 0.25) is 0 Å². The van der Waals surface area contributed by atoms with Crippen LogP contribution in [0.1, 0.15) is 41.3 Å². The largest absolute Gasteiger partial charge is 0.293 e. The number of hydrogen-bond donors (Lipinski definition) is 0. The number of aromatic nitrogens is 1. The van der Waals surface area contributed by atoms with Crippen LogP contribution in [0, 0.1) is 13.8 Å². The lowest BCUT2D eigenvalue weighted by molar-refractivity contribution is 0.209. The first-order valence-corrected chi connectivity index (χ1v) is 8.37. The van der Waals surface area contributed by atoms with E-state index in [1.54, 1.807) is 0 Å². The summed E-state index contributed by atoms with van der Waals surface area (Å²) in [5.74, 6) is 0. The minimum absolute atomic E-state index is 0.696. The first-order valence-electron chi connectivity index (χ1n) is 6.43. The third-order valence-corrected chi connectivity index (χ3v) is 5.39. The van der Waals surface area contributed by atoms with E-state index in [4.69, 9.17) is 0 Å². The lowest BCUT2D eigenvalue weighted by Gasteiger charge is -2.27. The molecule has 0 amide bonds. The molecule has 0 saturated carbocycles. The van der Waals surface area contributed by atoms with E-state index in [-0.39, 0.29) is 0 Å². The summed E-state index contributed by atoms with van der Waals surface area (Å²) in [4.78, 5) is 8.64. The predicted molar refractivity (Wildman–Crippen MR) is 78.0 cm³/mol. The van der Waals surface area contributed by atoms with Crippen LogP contribution in [0.3, 0.4) is 0 Å². The molecule has 0 radical (unpaired) electrons. The number of halogens is 1. The predicted octanol–water partition coefficient (Wildman–Crippen LogP) is 3.90. The average Bonchev–Trinajstić information content (AvgIpc) is 2.53. The number of nitrogens with zero attached hydrogens (tertiary/aromatic N) is 2. The Morgan fingerprint density at radius 3 is 2.82 bits per heavy atom. The van der Waals surface area contributed by atoms with Gasteiger partial charge >= 0.3 is 0 Å². The van der Waals surface area contributed by atoms with Crippen LogP contribution in [-0.4, -0.2) is 27.8 Å². The highest BCUT2D eigenvalue weighted by atomic mass is 79.9. The normalized spacial score (nSPS) is 22.6. The van der Waals surface area contributed by atoms with Crippen molar-refractivity contribution in [2.75, 3.05) is 11.9 Å². The fourth-order valence-corrected chi connectivity index (χ4v) is 4.09. The molecule has 2 rings (SSSR count). The summed E-state index contributed by atoms with van der Waals surface area (Å²) in [6.07, 6.45) is 5.43. The Morgan fingerprint density at radius 1 is 1.35 bits per heavy atom. The molecule has 0 N–H and O–H groups in total. The van der Waals surface area contributed by atoms with E-state index in [1.807, 2.05) is 11.3 Å². The second kappa shape index (κ2) is 6.30. The second-order valence-electron chi connectivity index (χ2n) is 4.88. The first kappa shape index (κ1) is 13.5. The van der Waals surface area contributed by atoms with Gasteiger partial charge in [-0.05, 0) is 33.2 Å². The van der Waals surface area contributed by atoms with Crippen molar-refractivity contribution in [3.63, 3.8) is 0 Å². The first-order chi connectivity index (χ1) is 8.20. The second-order valence-corrected chi connectivity index (χ2v) is 6.81. The maximum atomic E-state index is 4.67. The van der Waals surface area contributed by atoms with Crippen molar-refractivity contribution < 1.29 is 0 Å². The van der Waals surface area contributed by atoms with E-state index in [0.717, 1.165) is 11.9 Å². The number of likely N-dealkylation sites (tertiary alicyclic amines) is 1. The van der Waals surface area contributed by atoms with Gasteiger partial charge in [0.15, 0.2) is 0 Å². The van der Waals surface area contributed by atoms with Crippen molar-refractivity contribution in [3.05, 3.63) is 15.6 Å². The lowest BCUT2D eigenvalue weighted by Crippen LogP contribution is -2.35. The van der Waals surface area contributed by atoms with Gasteiger partial charge in [-0.2, -0.15) is 0 Å². The number of hydrogen-bond acceptors (Lipinski definition) is 3. The van der Waals surface area contributed by atoms with Gasteiger partial charge in [-0.15, -0.1) is 11.3 Å². The average molecular weight is 317 g/mol. The van der Waals surface area contributed by atoms with Gasteiger partial charge in [0, 0.05) is 16.2 Å². The molecule has 4 heteroatoms. The quantitative estimate of drug-likeness (QED) is 0.786. The zero-order valence-electron chi connectivity index (χ0n) is 10.7. The van der Waals surface area contributed by atoms with Crippen molar-refractivity contribution in [1.29, 1.82) is 0 Å². The summed E-state index contributed by atoms with van der Waals surface area (Å²) in [7, 11) is 0. The Balaban J connectivity index is 2.04. The van der Waals surface area contributed by atoms with Gasteiger partial charge in [0.1, 0.15) is 5.01 Å². The molecule has 1 aliphatic heterocycles. The molecule has 1 atom stereocenters. The molecular formula is C13H21BrN2S. The van der Waals surface area contributed by atoms with Crippen LogP contribution < -0.4 is 0 Å². The Morgan fingerprint density at radius 2 is 2.18 bits per heavy atom. The molecule has 1 aromatic heterocycles. The Kier molecular flexibility index (Phi) is 5.00. The number of aryl methyl sites for hydroxylation is 2. The van der Waals surface area contributed by atoms with Gasteiger partial charge < -0.3 is 0 Å². The maximum Gasteiger partial charge on any atom is 0.107 e. The van der Waals surface area contributed by atoms with E-state index in [2.05, 4.69) is 39.7 Å². The molecule has 0 aromatic carbocycles. The molecule has 2 nitrogen and oxygen atoms in total. The highest BCUT2D eigenvalue weighted by Crippen LogP contribution is 2.23. The van der Waals surface area contributed by atoms with Gasteiger partial charge in [-0.1, -0.05) is 28.8 Å². The molecule has 2 heterocycles. The van der Waals surface area contributed by atoms with E-state index in [9.17, 15) is 0 Å². The standard InChI is InChI=1S/C13H21BrN2S/c1-10-11(2)17-13(15-10)9-16-7-5-3-4-6-12(16)8-14/h12H,3-9H2,1-2H3. The lowest BCUT2D eigenvalue weighted by atomic mass is 10.1. The van der Waals surface area contributed by atoms with Crippen LogP contribution in [0.15, 0.2) is 0 Å². The molecule has 96 valence electrons. The molecule has 17 heavy (non-hydrogen) atoms. The summed E-state index contributed by atoms with van der Waals surface area (Å²) in [5.41, 5.74) is 1.20. The number of alkyl halides is 1. The van der Waals surface area contributed by atoms with Gasteiger partial charge in [0.05, 0.1) is 12.2 Å². The van der Waals surface area contributed by atoms with E-state index in [0.29, 0.717) is 6.04 Å². The third-order valence-electron chi connectivity index (χ3n) is 3.59. The number of thiazole rings is 1. The molecule has 0 bridgehead atoms. The molecule has 1 fully saturated rings. The van der Waals surface area contributed by atoms with E-state index >= 15 is 0 Å². The highest BCUT2D eigenvalue weighted by molar-refractivity contribution is 9.09. The maximum absolute atomic E-state index is 4.67. The minimum atomic E-state index is 0.696. The van der Waals surface area contributed by atoms with Crippen molar-refractivity contribution in [2.24, 2.45) is 0 Å². The fourth-order valence-electron chi connectivity index (χ4n) is 2.40. The molecule has 1 aliphatic rings. The van der Waals surface area contributed by atoms with Crippen molar-refractivity contribution in [3.8, 4) is 0 Å². The molecule has 0 spiro atoms. The summed E-state index contributed by atoms with van der Waals surface area (Å²) >= 11 is 5.52. The van der Waals surface area contributed by atoms with Crippen molar-refractivity contribution in [1.82, 2.24) is 9.88 Å². The summed E-state index contributed by atoms with van der Waals surface area (Å²) in [6.45, 7) is 6.55. The zero-order chi connectivity index (χ0) is 12.3. The van der Waals surface area contributed by atoms with Gasteiger partial charge in [0.25, 0.3) is 0 Å². The summed E-state index contributed by atoms with van der Waals surface area (Å²) < 4.78 is 0. The van der Waals surface area contributed by atoms with Crippen molar-refractivity contribution >= 4 is 27.3 Å². The topological polar surface area (TPSA) is 16.1 Å². The van der Waals surface area contributed by atoms with E-state index in [1.165, 1.54) is 47.8 Å². The SMILES string of the molecule is Cc1nc(CN2CCCCCC2CBr)sc1C. The summed E-state index contributed by atoms with van der Waals surface area (Å²) in [5, 5.41) is 2.38. The van der Waals surface area contributed by atoms with Crippen molar-refractivity contribution in [2.45, 2.75) is 52.1 Å². The van der Waals surface area contributed by atoms with Crippen LogP contribution in [0.2, 0.25) is 0 Å². The fraction of sp³-hybridized carbons (Fsp3) is 0.769. The zero-order valence-corrected chi connectivity index (χ0v) is 13.1. The van der Waals surface area contributed by atoms with Gasteiger partial charge in [-0.3, -0.25) is 4.90 Å². The van der Waals surface area contributed by atoms with Crippen LogP contribution in [0.4, 0.5) is 0 Å². The highest BCUT2D eigenvalue weighted by Gasteiger charge is 2.21. The molecule has 1 unspecified atom stereocenters. The van der Waals surface area contributed by atoms with Crippen LogP contribution in [-0.2, 0) is 6.54 Å². The molecule has 1 aromatic rings. The third kappa shape index (κ3) is 3.52. The monoisotopic (exact) mass is 316 g/mol. The molecular weight excluding hydrogens is 296 g/mol. The smallest absolute Gasteiger partial charge is 0.107 e. The minimum Gasteiger partial charge on any atom is -0.293 e. The van der Waals surface area contributed by atoms with Gasteiger partial charge in [-0.25, -0.2) is 4.98 Å². The Labute approximate surface area is 117 Å². The van der Waals surface area contributed by atoms with Crippen LogP contribution in [0.25, 0.3) is 0 Å². The van der Waals surface area contributed by atoms with E-state index < -0.39 is 0 Å². The van der Waals surface area contributed by atoms with Crippen LogP contribution >= 0.6 is 27.3 Å². The molecule has 1 saturated heterocycles.